The molecule has 1 aliphatic carbocycles. The van der Waals surface area contributed by atoms with Crippen molar-refractivity contribution >= 4 is 0 Å². The minimum Gasteiger partial charge on any atom is -0.383 e. The van der Waals surface area contributed by atoms with Gasteiger partial charge in [-0.25, -0.2) is 4.68 Å². The Morgan fingerprint density at radius 1 is 1.26 bits per heavy atom. The minimum absolute atomic E-state index is 0.185. The number of hydrogen-bond donors (Lipinski definition) is 0. The molecule has 1 saturated carbocycles. The summed E-state index contributed by atoms with van der Waals surface area (Å²) < 4.78 is 7.62. The van der Waals surface area contributed by atoms with Crippen LogP contribution in [-0.2, 0) is 24.2 Å². The summed E-state index contributed by atoms with van der Waals surface area (Å²) in [5.41, 5.74) is 3.69. The molecule has 1 atom stereocenters. The Labute approximate surface area is 136 Å². The highest BCUT2D eigenvalue weighted by Crippen LogP contribution is 2.34. The topological polar surface area (TPSA) is 56.1 Å². The molecule has 2 aliphatic rings. The zero-order valence-corrected chi connectivity index (χ0v) is 13.6. The van der Waals surface area contributed by atoms with Gasteiger partial charge in [0.1, 0.15) is 5.69 Å². The SMILES string of the molecule is COC[C@@H]1c2nnn(CC3CC3)c2CCN1Cc1ccncc1. The summed E-state index contributed by atoms with van der Waals surface area (Å²) in [5, 5.41) is 8.93. The first kappa shape index (κ1) is 14.8. The fourth-order valence-electron chi connectivity index (χ4n) is 3.39. The zero-order valence-electron chi connectivity index (χ0n) is 13.6. The lowest BCUT2D eigenvalue weighted by atomic mass is 10.0. The van der Waals surface area contributed by atoms with E-state index in [0.29, 0.717) is 6.61 Å². The van der Waals surface area contributed by atoms with Crippen LogP contribution in [0, 0.1) is 5.92 Å². The van der Waals surface area contributed by atoms with Gasteiger partial charge in [0.05, 0.1) is 18.3 Å². The average Bonchev–Trinajstić information content (AvgIpc) is 3.30. The van der Waals surface area contributed by atoms with Crippen molar-refractivity contribution in [3.8, 4) is 0 Å². The Kier molecular flexibility index (Phi) is 4.10. The molecule has 0 unspecified atom stereocenters. The summed E-state index contributed by atoms with van der Waals surface area (Å²) in [6.07, 6.45) is 7.39. The zero-order chi connectivity index (χ0) is 15.6. The monoisotopic (exact) mass is 313 g/mol. The fraction of sp³-hybridized carbons (Fsp3) is 0.588. The van der Waals surface area contributed by atoms with Crippen LogP contribution in [0.1, 0.15) is 35.8 Å². The molecule has 0 aromatic carbocycles. The number of pyridine rings is 1. The molecule has 0 spiro atoms. The number of hydrogen-bond acceptors (Lipinski definition) is 5. The molecule has 1 fully saturated rings. The molecular formula is C17H23N5O. The minimum atomic E-state index is 0.185. The summed E-state index contributed by atoms with van der Waals surface area (Å²) in [7, 11) is 1.76. The lowest BCUT2D eigenvalue weighted by Gasteiger charge is -2.34. The lowest BCUT2D eigenvalue weighted by molar-refractivity contribution is 0.0749. The van der Waals surface area contributed by atoms with E-state index in [2.05, 4.69) is 37.0 Å². The van der Waals surface area contributed by atoms with Gasteiger partial charge in [-0.05, 0) is 36.5 Å². The van der Waals surface area contributed by atoms with Crippen molar-refractivity contribution in [3.63, 3.8) is 0 Å². The van der Waals surface area contributed by atoms with E-state index in [1.165, 1.54) is 24.1 Å². The van der Waals surface area contributed by atoms with Crippen LogP contribution in [0.2, 0.25) is 0 Å². The van der Waals surface area contributed by atoms with Crippen molar-refractivity contribution in [1.82, 2.24) is 24.9 Å². The normalized spacial score (nSPS) is 21.3. The third-order valence-corrected chi connectivity index (χ3v) is 4.85. The van der Waals surface area contributed by atoms with Crippen LogP contribution < -0.4 is 0 Å². The highest BCUT2D eigenvalue weighted by Gasteiger charge is 2.33. The summed E-state index contributed by atoms with van der Waals surface area (Å²) >= 11 is 0. The van der Waals surface area contributed by atoms with Crippen molar-refractivity contribution in [2.75, 3.05) is 20.3 Å². The summed E-state index contributed by atoms with van der Waals surface area (Å²) in [4.78, 5) is 6.54. The smallest absolute Gasteiger partial charge is 0.105 e. The highest BCUT2D eigenvalue weighted by molar-refractivity contribution is 5.21. The molecule has 3 heterocycles. The maximum absolute atomic E-state index is 5.48. The molecule has 1 aliphatic heterocycles. The summed E-state index contributed by atoms with van der Waals surface area (Å²) in [6, 6.07) is 4.33. The molecule has 0 saturated heterocycles. The molecule has 0 radical (unpaired) electrons. The quantitative estimate of drug-likeness (QED) is 0.814. The maximum atomic E-state index is 5.48. The number of aromatic nitrogens is 4. The van der Waals surface area contributed by atoms with Gasteiger partial charge >= 0.3 is 0 Å². The van der Waals surface area contributed by atoms with Gasteiger partial charge in [0.15, 0.2) is 0 Å². The first-order chi connectivity index (χ1) is 11.3. The molecule has 122 valence electrons. The van der Waals surface area contributed by atoms with Gasteiger partial charge in [-0.1, -0.05) is 5.21 Å². The molecule has 2 aromatic heterocycles. The third-order valence-electron chi connectivity index (χ3n) is 4.85. The van der Waals surface area contributed by atoms with Crippen molar-refractivity contribution in [3.05, 3.63) is 41.5 Å². The van der Waals surface area contributed by atoms with E-state index in [9.17, 15) is 0 Å². The van der Waals surface area contributed by atoms with Crippen LogP contribution in [0.5, 0.6) is 0 Å². The van der Waals surface area contributed by atoms with Crippen molar-refractivity contribution in [1.29, 1.82) is 0 Å². The van der Waals surface area contributed by atoms with Gasteiger partial charge in [-0.2, -0.15) is 0 Å². The maximum Gasteiger partial charge on any atom is 0.105 e. The second kappa shape index (κ2) is 6.37. The Hall–Kier alpha value is -1.79. The van der Waals surface area contributed by atoms with Gasteiger partial charge in [0, 0.05) is 45.6 Å². The highest BCUT2D eigenvalue weighted by atomic mass is 16.5. The Balaban J connectivity index is 1.56. The van der Waals surface area contributed by atoms with Crippen LogP contribution >= 0.6 is 0 Å². The van der Waals surface area contributed by atoms with E-state index in [1.54, 1.807) is 7.11 Å². The van der Waals surface area contributed by atoms with Crippen LogP contribution in [0.15, 0.2) is 24.5 Å². The molecule has 0 amide bonds. The van der Waals surface area contributed by atoms with Crippen molar-refractivity contribution in [2.24, 2.45) is 5.92 Å². The fourth-order valence-corrected chi connectivity index (χ4v) is 3.39. The van der Waals surface area contributed by atoms with E-state index in [1.807, 2.05) is 12.4 Å². The molecule has 0 bridgehead atoms. The van der Waals surface area contributed by atoms with Crippen LogP contribution in [0.4, 0.5) is 0 Å². The second-order valence-corrected chi connectivity index (χ2v) is 6.59. The average molecular weight is 313 g/mol. The molecule has 6 heteroatoms. The molecule has 0 N–H and O–H groups in total. The van der Waals surface area contributed by atoms with Crippen LogP contribution in [0.3, 0.4) is 0 Å². The van der Waals surface area contributed by atoms with E-state index in [0.717, 1.165) is 37.7 Å². The van der Waals surface area contributed by atoms with E-state index in [-0.39, 0.29) is 6.04 Å². The lowest BCUT2D eigenvalue weighted by Crippen LogP contribution is -2.38. The molecule has 6 nitrogen and oxygen atoms in total. The largest absolute Gasteiger partial charge is 0.383 e. The second-order valence-electron chi connectivity index (χ2n) is 6.59. The van der Waals surface area contributed by atoms with Crippen LogP contribution in [0.25, 0.3) is 0 Å². The molecule has 2 aromatic rings. The number of ether oxygens (including phenoxy) is 1. The number of nitrogens with zero attached hydrogens (tertiary/aromatic N) is 5. The van der Waals surface area contributed by atoms with E-state index in [4.69, 9.17) is 4.74 Å². The standard InChI is InChI=1S/C17H23N5O/c1-23-12-16-17-15(22(20-19-17)11-13-2-3-13)6-9-21(16)10-14-4-7-18-8-5-14/h4-5,7-8,13,16H,2-3,6,9-12H2,1H3/t16-/m1/s1. The van der Waals surface area contributed by atoms with Gasteiger partial charge < -0.3 is 4.74 Å². The first-order valence-corrected chi connectivity index (χ1v) is 8.39. The number of rotatable bonds is 6. The third kappa shape index (κ3) is 3.14. The van der Waals surface area contributed by atoms with Crippen molar-refractivity contribution in [2.45, 2.75) is 38.4 Å². The number of methoxy groups -OCH3 is 1. The Morgan fingerprint density at radius 3 is 2.83 bits per heavy atom. The Morgan fingerprint density at radius 2 is 2.09 bits per heavy atom. The van der Waals surface area contributed by atoms with Gasteiger partial charge in [0.2, 0.25) is 0 Å². The van der Waals surface area contributed by atoms with Gasteiger partial charge in [0.25, 0.3) is 0 Å². The first-order valence-electron chi connectivity index (χ1n) is 8.39. The summed E-state index contributed by atoms with van der Waals surface area (Å²) in [6.45, 7) is 3.60. The molecule has 4 rings (SSSR count). The number of fused-ring (bicyclic) bond motifs is 1. The summed E-state index contributed by atoms with van der Waals surface area (Å²) in [5.74, 6) is 0.816. The van der Waals surface area contributed by atoms with Gasteiger partial charge in [-0.3, -0.25) is 9.88 Å². The Bertz CT molecular complexity index is 652. The van der Waals surface area contributed by atoms with Crippen molar-refractivity contribution < 1.29 is 4.74 Å². The predicted molar refractivity (Wildman–Crippen MR) is 85.7 cm³/mol. The molecular weight excluding hydrogens is 290 g/mol. The molecule has 23 heavy (non-hydrogen) atoms. The van der Waals surface area contributed by atoms with E-state index < -0.39 is 0 Å². The predicted octanol–water partition coefficient (Wildman–Crippen LogP) is 1.83. The van der Waals surface area contributed by atoms with E-state index >= 15 is 0 Å². The van der Waals surface area contributed by atoms with Crippen LogP contribution in [-0.4, -0.2) is 45.1 Å². The van der Waals surface area contributed by atoms with Gasteiger partial charge in [-0.15, -0.1) is 5.10 Å².